The van der Waals surface area contributed by atoms with Crippen LogP contribution in [-0.4, -0.2) is 17.3 Å². The van der Waals surface area contributed by atoms with Crippen molar-refractivity contribution in [2.45, 2.75) is 0 Å². The Morgan fingerprint density at radius 2 is 2.18 bits per heavy atom. The van der Waals surface area contributed by atoms with E-state index in [0.29, 0.717) is 5.88 Å². The van der Waals surface area contributed by atoms with E-state index in [1.54, 1.807) is 13.3 Å². The van der Waals surface area contributed by atoms with Crippen LogP contribution in [0.5, 0.6) is 5.75 Å². The Bertz CT molecular complexity index is 669. The molecule has 0 aliphatic rings. The van der Waals surface area contributed by atoms with E-state index in [4.69, 9.17) is 15.0 Å². The second-order valence-electron chi connectivity index (χ2n) is 3.69. The Morgan fingerprint density at radius 3 is 2.88 bits per heavy atom. The van der Waals surface area contributed by atoms with Crippen molar-refractivity contribution in [2.24, 2.45) is 0 Å². The van der Waals surface area contributed by atoms with E-state index in [9.17, 15) is 0 Å². The summed E-state index contributed by atoms with van der Waals surface area (Å²) in [6.45, 7) is 0. The maximum absolute atomic E-state index is 5.73. The van der Waals surface area contributed by atoms with E-state index >= 15 is 0 Å². The lowest BCUT2D eigenvalue weighted by atomic mass is 10.0. The molecule has 5 heteroatoms. The number of fused-ring (bicyclic) bond motifs is 1. The van der Waals surface area contributed by atoms with Gasteiger partial charge < -0.3 is 20.0 Å². The number of nitrogen functional groups attached to an aromatic ring is 1. The number of rotatable bonds is 2. The highest BCUT2D eigenvalue weighted by Gasteiger charge is 2.13. The Labute approximate surface area is 97.2 Å². The number of aromatic nitrogens is 2. The zero-order chi connectivity index (χ0) is 11.8. The summed E-state index contributed by atoms with van der Waals surface area (Å²) in [5.41, 5.74) is 8.43. The van der Waals surface area contributed by atoms with Gasteiger partial charge in [0.05, 0.1) is 24.4 Å². The predicted molar refractivity (Wildman–Crippen MR) is 64.8 cm³/mol. The van der Waals surface area contributed by atoms with E-state index in [2.05, 4.69) is 10.1 Å². The molecule has 3 rings (SSSR count). The number of anilines is 1. The van der Waals surface area contributed by atoms with Crippen molar-refractivity contribution in [3.63, 3.8) is 0 Å². The van der Waals surface area contributed by atoms with E-state index in [-0.39, 0.29) is 0 Å². The zero-order valence-electron chi connectivity index (χ0n) is 9.23. The van der Waals surface area contributed by atoms with Crippen LogP contribution in [0, 0.1) is 0 Å². The SMILES string of the molecule is COc1ccc(-c2cnoc2N)c2cc[nH]c12. The van der Waals surface area contributed by atoms with Crippen LogP contribution in [-0.2, 0) is 0 Å². The van der Waals surface area contributed by atoms with Crippen LogP contribution in [0.4, 0.5) is 5.88 Å². The van der Waals surface area contributed by atoms with Crippen LogP contribution in [0.25, 0.3) is 22.0 Å². The standard InChI is InChI=1S/C12H11N3O2/c1-16-10-3-2-7(8-4-5-14-11(8)10)9-6-15-17-12(9)13/h2-6,14H,13H2,1H3. The number of methoxy groups -OCH3 is 1. The lowest BCUT2D eigenvalue weighted by Gasteiger charge is -2.05. The minimum absolute atomic E-state index is 0.317. The fraction of sp³-hybridized carbons (Fsp3) is 0.0833. The third-order valence-electron chi connectivity index (χ3n) is 2.79. The zero-order valence-corrected chi connectivity index (χ0v) is 9.23. The summed E-state index contributed by atoms with van der Waals surface area (Å²) in [6.07, 6.45) is 3.48. The molecule has 1 aromatic carbocycles. The molecular formula is C12H11N3O2. The highest BCUT2D eigenvalue weighted by Crippen LogP contribution is 2.35. The van der Waals surface area contributed by atoms with E-state index in [1.165, 1.54) is 0 Å². The molecule has 86 valence electrons. The minimum Gasteiger partial charge on any atom is -0.495 e. The molecule has 0 aliphatic heterocycles. The van der Waals surface area contributed by atoms with Gasteiger partial charge in [-0.2, -0.15) is 0 Å². The minimum atomic E-state index is 0.317. The smallest absolute Gasteiger partial charge is 0.229 e. The molecular weight excluding hydrogens is 218 g/mol. The number of hydrogen-bond donors (Lipinski definition) is 2. The molecule has 0 saturated carbocycles. The molecule has 0 amide bonds. The second kappa shape index (κ2) is 3.55. The summed E-state index contributed by atoms with van der Waals surface area (Å²) >= 11 is 0. The van der Waals surface area contributed by atoms with Crippen LogP contribution in [0.15, 0.2) is 35.1 Å². The van der Waals surface area contributed by atoms with Crippen molar-refractivity contribution in [3.05, 3.63) is 30.6 Å². The number of benzene rings is 1. The summed E-state index contributed by atoms with van der Waals surface area (Å²) in [4.78, 5) is 3.14. The molecule has 17 heavy (non-hydrogen) atoms. The quantitative estimate of drug-likeness (QED) is 0.707. The molecule has 3 N–H and O–H groups in total. The molecule has 0 aliphatic carbocycles. The Kier molecular flexibility index (Phi) is 2.04. The van der Waals surface area contributed by atoms with E-state index in [1.807, 2.05) is 24.4 Å². The van der Waals surface area contributed by atoms with Crippen molar-refractivity contribution in [3.8, 4) is 16.9 Å². The van der Waals surface area contributed by atoms with Gasteiger partial charge in [-0.05, 0) is 23.8 Å². The monoisotopic (exact) mass is 229 g/mol. The molecule has 5 nitrogen and oxygen atoms in total. The van der Waals surface area contributed by atoms with Gasteiger partial charge >= 0.3 is 0 Å². The normalized spacial score (nSPS) is 10.9. The summed E-state index contributed by atoms with van der Waals surface area (Å²) in [5, 5.41) is 4.72. The topological polar surface area (TPSA) is 77.1 Å². The summed E-state index contributed by atoms with van der Waals surface area (Å²) in [7, 11) is 1.64. The van der Waals surface area contributed by atoms with Gasteiger partial charge in [0, 0.05) is 11.6 Å². The summed E-state index contributed by atoms with van der Waals surface area (Å²) in [5.74, 6) is 1.11. The highest BCUT2D eigenvalue weighted by molar-refractivity contribution is 5.99. The molecule has 0 unspecified atom stereocenters. The summed E-state index contributed by atoms with van der Waals surface area (Å²) in [6, 6.07) is 5.80. The van der Waals surface area contributed by atoms with E-state index < -0.39 is 0 Å². The van der Waals surface area contributed by atoms with Gasteiger partial charge in [-0.3, -0.25) is 0 Å². The van der Waals surface area contributed by atoms with Crippen molar-refractivity contribution in [2.75, 3.05) is 12.8 Å². The van der Waals surface area contributed by atoms with Gasteiger partial charge in [-0.1, -0.05) is 5.16 Å². The lowest BCUT2D eigenvalue weighted by Crippen LogP contribution is -1.88. The molecule has 0 atom stereocenters. The number of nitrogens with zero attached hydrogens (tertiary/aromatic N) is 1. The first-order chi connectivity index (χ1) is 8.31. The molecule has 0 saturated heterocycles. The molecule has 0 fully saturated rings. The maximum atomic E-state index is 5.73. The Hall–Kier alpha value is -2.43. The first-order valence-electron chi connectivity index (χ1n) is 5.16. The van der Waals surface area contributed by atoms with Gasteiger partial charge in [0.1, 0.15) is 5.75 Å². The number of nitrogens with two attached hydrogens (primary N) is 1. The molecule has 3 aromatic rings. The van der Waals surface area contributed by atoms with Gasteiger partial charge in [0.2, 0.25) is 5.88 Å². The van der Waals surface area contributed by atoms with Crippen molar-refractivity contribution < 1.29 is 9.26 Å². The Balaban J connectivity index is 2.32. The van der Waals surface area contributed by atoms with Gasteiger partial charge in [0.15, 0.2) is 0 Å². The molecule has 2 heterocycles. The first-order valence-corrected chi connectivity index (χ1v) is 5.16. The lowest BCUT2D eigenvalue weighted by molar-refractivity contribution is 0.419. The first kappa shape index (κ1) is 9.77. The van der Waals surface area contributed by atoms with Crippen molar-refractivity contribution >= 4 is 16.8 Å². The fourth-order valence-electron chi connectivity index (χ4n) is 1.99. The third kappa shape index (κ3) is 1.36. The van der Waals surface area contributed by atoms with Gasteiger partial charge in [-0.25, -0.2) is 0 Å². The number of hydrogen-bond acceptors (Lipinski definition) is 4. The number of nitrogens with one attached hydrogen (secondary N) is 1. The highest BCUT2D eigenvalue weighted by atomic mass is 16.5. The molecule has 0 radical (unpaired) electrons. The van der Waals surface area contributed by atoms with Crippen LogP contribution >= 0.6 is 0 Å². The van der Waals surface area contributed by atoms with Crippen LogP contribution < -0.4 is 10.5 Å². The number of ether oxygens (including phenoxy) is 1. The average Bonchev–Trinajstić information content (AvgIpc) is 2.96. The van der Waals surface area contributed by atoms with Crippen LogP contribution in [0.2, 0.25) is 0 Å². The van der Waals surface area contributed by atoms with Gasteiger partial charge in [-0.15, -0.1) is 0 Å². The van der Waals surface area contributed by atoms with Crippen LogP contribution in [0.3, 0.4) is 0 Å². The number of H-pyrrole nitrogens is 1. The van der Waals surface area contributed by atoms with Crippen molar-refractivity contribution in [1.82, 2.24) is 10.1 Å². The third-order valence-corrected chi connectivity index (χ3v) is 2.79. The second-order valence-corrected chi connectivity index (χ2v) is 3.69. The van der Waals surface area contributed by atoms with E-state index in [0.717, 1.165) is 27.8 Å². The molecule has 0 bridgehead atoms. The molecule has 2 aromatic heterocycles. The predicted octanol–water partition coefficient (Wildman–Crippen LogP) is 2.41. The summed E-state index contributed by atoms with van der Waals surface area (Å²) < 4.78 is 10.2. The number of aromatic amines is 1. The largest absolute Gasteiger partial charge is 0.495 e. The average molecular weight is 229 g/mol. The Morgan fingerprint density at radius 1 is 1.29 bits per heavy atom. The fourth-order valence-corrected chi connectivity index (χ4v) is 1.99. The molecule has 0 spiro atoms. The maximum Gasteiger partial charge on any atom is 0.229 e. The van der Waals surface area contributed by atoms with Gasteiger partial charge in [0.25, 0.3) is 0 Å². The van der Waals surface area contributed by atoms with Crippen molar-refractivity contribution in [1.29, 1.82) is 0 Å². The van der Waals surface area contributed by atoms with Crippen LogP contribution in [0.1, 0.15) is 0 Å².